The Morgan fingerprint density at radius 3 is 2.60 bits per heavy atom. The molecular weight excluding hydrogens is 146 g/mol. The van der Waals surface area contributed by atoms with Gasteiger partial charge in [0.2, 0.25) is 0 Å². The molecule has 2 atom stereocenters. The van der Waals surface area contributed by atoms with Crippen molar-refractivity contribution in [2.24, 2.45) is 0 Å². The molecule has 1 saturated heterocycles. The summed E-state index contributed by atoms with van der Waals surface area (Å²) in [5.74, 6) is 0. The smallest absolute Gasteiger partial charge is 0.257 e. The fourth-order valence-electron chi connectivity index (χ4n) is 1.04. The molecule has 58 valence electrons. The normalized spacial score (nSPS) is 39.1. The second-order valence-corrected chi connectivity index (χ2v) is 3.29. The molecule has 1 fully saturated rings. The highest BCUT2D eigenvalue weighted by Gasteiger charge is 2.38. The summed E-state index contributed by atoms with van der Waals surface area (Å²) < 4.78 is 5.43. The maximum Gasteiger partial charge on any atom is 0.257 e. The van der Waals surface area contributed by atoms with Gasteiger partial charge in [0.25, 0.3) is 5.17 Å². The fraction of sp³-hybridized carbons (Fsp3) is 0.857. The first-order valence-corrected chi connectivity index (χ1v) is 3.99. The quantitative estimate of drug-likeness (QED) is 0.585. The SMILES string of the molecule is CCC1(C)OC(=S)NC1C. The van der Waals surface area contributed by atoms with Crippen molar-refractivity contribution < 1.29 is 4.74 Å². The van der Waals surface area contributed by atoms with Crippen molar-refractivity contribution in [2.45, 2.75) is 38.8 Å². The summed E-state index contributed by atoms with van der Waals surface area (Å²) in [5, 5.41) is 3.61. The molecule has 0 aliphatic carbocycles. The predicted molar refractivity (Wildman–Crippen MR) is 45.0 cm³/mol. The van der Waals surface area contributed by atoms with Gasteiger partial charge < -0.3 is 10.1 Å². The highest BCUT2D eigenvalue weighted by Crippen LogP contribution is 2.24. The van der Waals surface area contributed by atoms with Gasteiger partial charge in [-0.3, -0.25) is 0 Å². The highest BCUT2D eigenvalue weighted by atomic mass is 32.1. The molecule has 1 aliphatic rings. The van der Waals surface area contributed by atoms with E-state index in [9.17, 15) is 0 Å². The minimum absolute atomic E-state index is 0.0862. The summed E-state index contributed by atoms with van der Waals surface area (Å²) in [6.07, 6.45) is 0.987. The van der Waals surface area contributed by atoms with Gasteiger partial charge in [0, 0.05) is 0 Å². The lowest BCUT2D eigenvalue weighted by atomic mass is 9.96. The minimum Gasteiger partial charge on any atom is -0.463 e. The van der Waals surface area contributed by atoms with Crippen LogP contribution in [0.3, 0.4) is 0 Å². The molecule has 1 rings (SSSR count). The molecule has 1 N–H and O–H groups in total. The van der Waals surface area contributed by atoms with Crippen LogP contribution in [0.1, 0.15) is 27.2 Å². The number of hydrogen-bond donors (Lipinski definition) is 1. The molecule has 3 heteroatoms. The van der Waals surface area contributed by atoms with Gasteiger partial charge in [-0.1, -0.05) is 6.92 Å². The monoisotopic (exact) mass is 159 g/mol. The van der Waals surface area contributed by atoms with Crippen LogP contribution in [0.5, 0.6) is 0 Å². The number of hydrogen-bond acceptors (Lipinski definition) is 2. The first-order valence-electron chi connectivity index (χ1n) is 3.58. The van der Waals surface area contributed by atoms with Crippen molar-refractivity contribution >= 4 is 17.4 Å². The molecule has 0 aromatic rings. The molecular formula is C7H13NOS. The third-order valence-electron chi connectivity index (χ3n) is 2.28. The topological polar surface area (TPSA) is 21.3 Å². The van der Waals surface area contributed by atoms with Crippen molar-refractivity contribution in [1.82, 2.24) is 5.32 Å². The summed E-state index contributed by atoms with van der Waals surface area (Å²) in [5.41, 5.74) is -0.0862. The van der Waals surface area contributed by atoms with E-state index in [2.05, 4.69) is 26.1 Å². The largest absolute Gasteiger partial charge is 0.463 e. The predicted octanol–water partition coefficient (Wildman–Crippen LogP) is 1.45. The van der Waals surface area contributed by atoms with E-state index in [1.807, 2.05) is 0 Å². The third kappa shape index (κ3) is 1.10. The lowest BCUT2D eigenvalue weighted by Crippen LogP contribution is -2.37. The second-order valence-electron chi connectivity index (χ2n) is 2.92. The average molecular weight is 159 g/mol. The number of rotatable bonds is 1. The Morgan fingerprint density at radius 2 is 2.40 bits per heavy atom. The molecule has 0 spiro atoms. The maximum absolute atomic E-state index is 5.43. The summed E-state index contributed by atoms with van der Waals surface area (Å²) in [4.78, 5) is 0. The number of ether oxygens (including phenoxy) is 1. The van der Waals surface area contributed by atoms with Crippen molar-refractivity contribution in [1.29, 1.82) is 0 Å². The summed E-state index contributed by atoms with van der Waals surface area (Å²) in [7, 11) is 0. The molecule has 0 saturated carbocycles. The van der Waals surface area contributed by atoms with Gasteiger partial charge in [0.1, 0.15) is 5.60 Å². The zero-order valence-corrected chi connectivity index (χ0v) is 7.42. The molecule has 1 aliphatic heterocycles. The van der Waals surface area contributed by atoms with E-state index in [0.717, 1.165) is 6.42 Å². The lowest BCUT2D eigenvalue weighted by molar-refractivity contribution is 0.0863. The van der Waals surface area contributed by atoms with Crippen LogP contribution in [0.25, 0.3) is 0 Å². The highest BCUT2D eigenvalue weighted by molar-refractivity contribution is 7.80. The van der Waals surface area contributed by atoms with Gasteiger partial charge >= 0.3 is 0 Å². The third-order valence-corrected chi connectivity index (χ3v) is 2.48. The molecule has 2 unspecified atom stereocenters. The summed E-state index contributed by atoms with van der Waals surface area (Å²) in [6, 6.07) is 0.338. The van der Waals surface area contributed by atoms with Crippen molar-refractivity contribution in [3.8, 4) is 0 Å². The van der Waals surface area contributed by atoms with Crippen LogP contribution in [0.2, 0.25) is 0 Å². The van der Waals surface area contributed by atoms with E-state index < -0.39 is 0 Å². The van der Waals surface area contributed by atoms with Gasteiger partial charge in [-0.15, -0.1) is 0 Å². The Labute approximate surface area is 66.9 Å². The van der Waals surface area contributed by atoms with Crippen LogP contribution in [0, 0.1) is 0 Å². The van der Waals surface area contributed by atoms with Crippen LogP contribution in [-0.2, 0) is 4.74 Å². The van der Waals surface area contributed by atoms with E-state index in [1.54, 1.807) is 0 Å². The van der Waals surface area contributed by atoms with Crippen molar-refractivity contribution in [2.75, 3.05) is 0 Å². The molecule has 0 amide bonds. The second kappa shape index (κ2) is 2.38. The Hall–Kier alpha value is -0.310. The molecule has 2 nitrogen and oxygen atoms in total. The molecule has 0 aromatic heterocycles. The Bertz CT molecular complexity index is 160. The number of nitrogens with one attached hydrogen (secondary N) is 1. The van der Waals surface area contributed by atoms with Gasteiger partial charge in [-0.25, -0.2) is 0 Å². The van der Waals surface area contributed by atoms with Crippen LogP contribution in [0.15, 0.2) is 0 Å². The van der Waals surface area contributed by atoms with E-state index >= 15 is 0 Å². The molecule has 0 bridgehead atoms. The summed E-state index contributed by atoms with van der Waals surface area (Å²) in [6.45, 7) is 6.26. The van der Waals surface area contributed by atoms with Crippen LogP contribution < -0.4 is 5.32 Å². The first kappa shape index (κ1) is 7.79. The van der Waals surface area contributed by atoms with Gasteiger partial charge in [-0.05, 0) is 32.5 Å². The number of thiocarbonyl (C=S) groups is 1. The Morgan fingerprint density at radius 1 is 1.80 bits per heavy atom. The van der Waals surface area contributed by atoms with E-state index in [4.69, 9.17) is 17.0 Å². The zero-order valence-electron chi connectivity index (χ0n) is 6.60. The van der Waals surface area contributed by atoms with Gasteiger partial charge in [0.05, 0.1) is 6.04 Å². The van der Waals surface area contributed by atoms with Gasteiger partial charge in [0.15, 0.2) is 0 Å². The van der Waals surface area contributed by atoms with E-state index in [1.165, 1.54) is 0 Å². The van der Waals surface area contributed by atoms with E-state index in [-0.39, 0.29) is 5.60 Å². The molecule has 0 aromatic carbocycles. The fourth-order valence-corrected chi connectivity index (χ4v) is 1.40. The van der Waals surface area contributed by atoms with Crippen molar-refractivity contribution in [3.05, 3.63) is 0 Å². The van der Waals surface area contributed by atoms with Crippen LogP contribution in [0.4, 0.5) is 0 Å². The standard InChI is InChI=1S/C7H13NOS/c1-4-7(3)5(2)8-6(10)9-7/h5H,4H2,1-3H3,(H,8,10). The van der Waals surface area contributed by atoms with E-state index in [0.29, 0.717) is 11.2 Å². The van der Waals surface area contributed by atoms with Crippen LogP contribution in [-0.4, -0.2) is 16.8 Å². The average Bonchev–Trinajstić information content (AvgIpc) is 2.09. The van der Waals surface area contributed by atoms with Crippen molar-refractivity contribution in [3.63, 3.8) is 0 Å². The maximum atomic E-state index is 5.43. The van der Waals surface area contributed by atoms with Crippen LogP contribution >= 0.6 is 12.2 Å². The summed E-state index contributed by atoms with van der Waals surface area (Å²) >= 11 is 4.88. The van der Waals surface area contributed by atoms with Gasteiger partial charge in [-0.2, -0.15) is 0 Å². The Kier molecular flexibility index (Phi) is 1.86. The zero-order chi connectivity index (χ0) is 7.78. The molecule has 1 heterocycles. The molecule has 0 radical (unpaired) electrons. The Balaban J connectivity index is 2.70. The minimum atomic E-state index is -0.0862. The lowest BCUT2D eigenvalue weighted by Gasteiger charge is -2.24. The molecule has 10 heavy (non-hydrogen) atoms. The first-order chi connectivity index (χ1) is 4.58.